The number of benzene rings is 1. The first kappa shape index (κ1) is 13.5. The van der Waals surface area contributed by atoms with Gasteiger partial charge in [0.15, 0.2) is 0 Å². The van der Waals surface area contributed by atoms with Crippen LogP contribution in [-0.4, -0.2) is 16.5 Å². The fraction of sp³-hybridized carbons (Fsp3) is 0.500. The van der Waals surface area contributed by atoms with Gasteiger partial charge in [0.05, 0.1) is 11.4 Å². The molecule has 18 heavy (non-hydrogen) atoms. The Labute approximate surface area is 114 Å². The highest BCUT2D eigenvalue weighted by Crippen LogP contribution is 2.33. The molecule has 1 aliphatic carbocycles. The van der Waals surface area contributed by atoms with Crippen molar-refractivity contribution in [2.75, 3.05) is 0 Å². The molecular formula is C16H20OS. The zero-order chi connectivity index (χ0) is 12.8. The highest BCUT2D eigenvalue weighted by molar-refractivity contribution is 8.00. The molecule has 1 N–H and O–H groups in total. The maximum atomic E-state index is 10.4. The molecule has 2 rings (SSSR count). The third kappa shape index (κ3) is 3.54. The molecule has 0 aliphatic heterocycles. The quantitative estimate of drug-likeness (QED) is 0.657. The molecule has 1 saturated carbocycles. The van der Waals surface area contributed by atoms with Crippen molar-refractivity contribution in [3.05, 3.63) is 30.3 Å². The third-order valence-electron chi connectivity index (χ3n) is 3.61. The molecule has 0 amide bonds. The van der Waals surface area contributed by atoms with Crippen molar-refractivity contribution in [1.82, 2.24) is 0 Å². The summed E-state index contributed by atoms with van der Waals surface area (Å²) in [4.78, 5) is 1.13. The van der Waals surface area contributed by atoms with Gasteiger partial charge in [-0.15, -0.1) is 18.2 Å². The Kier molecular flexibility index (Phi) is 5.16. The van der Waals surface area contributed by atoms with Crippen molar-refractivity contribution in [2.45, 2.75) is 48.4 Å². The number of aliphatic hydroxyl groups excluding tert-OH is 1. The van der Waals surface area contributed by atoms with Gasteiger partial charge in [-0.2, -0.15) is 0 Å². The van der Waals surface area contributed by atoms with Gasteiger partial charge in [-0.3, -0.25) is 0 Å². The molecule has 0 bridgehead atoms. The van der Waals surface area contributed by atoms with Crippen LogP contribution in [0.15, 0.2) is 35.2 Å². The van der Waals surface area contributed by atoms with Crippen LogP contribution in [0.4, 0.5) is 0 Å². The van der Waals surface area contributed by atoms with Gasteiger partial charge < -0.3 is 5.11 Å². The number of hydrogen-bond donors (Lipinski definition) is 1. The van der Waals surface area contributed by atoms with E-state index in [9.17, 15) is 5.11 Å². The van der Waals surface area contributed by atoms with Gasteiger partial charge in [-0.25, -0.2) is 0 Å². The van der Waals surface area contributed by atoms with Crippen molar-refractivity contribution in [2.24, 2.45) is 5.92 Å². The Balaban J connectivity index is 1.97. The molecule has 1 nitrogen and oxygen atoms in total. The molecule has 1 aromatic rings. The summed E-state index contributed by atoms with van der Waals surface area (Å²) in [5, 5.41) is 10.3. The van der Waals surface area contributed by atoms with Gasteiger partial charge in [0.2, 0.25) is 0 Å². The highest BCUT2D eigenvalue weighted by atomic mass is 32.2. The fourth-order valence-corrected chi connectivity index (χ4v) is 3.61. The molecular weight excluding hydrogens is 240 g/mol. The van der Waals surface area contributed by atoms with E-state index >= 15 is 0 Å². The Morgan fingerprint density at radius 3 is 2.44 bits per heavy atom. The molecule has 0 heterocycles. The maximum Gasteiger partial charge on any atom is 0.0962 e. The van der Waals surface area contributed by atoms with Gasteiger partial charge in [0, 0.05) is 4.90 Å². The summed E-state index contributed by atoms with van der Waals surface area (Å²) in [5.41, 5.74) is 0. The molecule has 1 fully saturated rings. The lowest BCUT2D eigenvalue weighted by Crippen LogP contribution is -2.31. The predicted octanol–water partition coefficient (Wildman–Crippen LogP) is 3.72. The van der Waals surface area contributed by atoms with Crippen molar-refractivity contribution in [3.8, 4) is 12.3 Å². The number of aliphatic hydroxyl groups is 1. The van der Waals surface area contributed by atoms with Crippen LogP contribution in [0, 0.1) is 18.3 Å². The number of terminal acetylenes is 1. The molecule has 0 unspecified atom stereocenters. The average molecular weight is 260 g/mol. The van der Waals surface area contributed by atoms with E-state index < -0.39 is 0 Å². The smallest absolute Gasteiger partial charge is 0.0962 e. The van der Waals surface area contributed by atoms with Crippen LogP contribution in [-0.2, 0) is 0 Å². The van der Waals surface area contributed by atoms with Gasteiger partial charge >= 0.3 is 0 Å². The molecule has 1 aliphatic rings. The summed E-state index contributed by atoms with van der Waals surface area (Å²) in [7, 11) is 0. The van der Waals surface area contributed by atoms with Crippen LogP contribution in [0.3, 0.4) is 0 Å². The van der Waals surface area contributed by atoms with Crippen LogP contribution < -0.4 is 0 Å². The summed E-state index contributed by atoms with van der Waals surface area (Å²) >= 11 is 1.60. The average Bonchev–Trinajstić information content (AvgIpc) is 2.46. The monoisotopic (exact) mass is 260 g/mol. The van der Waals surface area contributed by atoms with E-state index in [1.54, 1.807) is 11.8 Å². The van der Waals surface area contributed by atoms with E-state index in [2.05, 4.69) is 5.92 Å². The van der Waals surface area contributed by atoms with Gasteiger partial charge in [0.1, 0.15) is 0 Å². The van der Waals surface area contributed by atoms with E-state index in [-0.39, 0.29) is 11.4 Å². The van der Waals surface area contributed by atoms with Crippen LogP contribution in [0.2, 0.25) is 0 Å². The number of hydrogen-bond acceptors (Lipinski definition) is 2. The van der Waals surface area contributed by atoms with Crippen LogP contribution in [0.25, 0.3) is 0 Å². The first-order valence-corrected chi connectivity index (χ1v) is 7.55. The molecule has 1 aromatic carbocycles. The molecule has 0 radical (unpaired) electrons. The lowest BCUT2D eigenvalue weighted by atomic mass is 9.84. The second-order valence-corrected chi connectivity index (χ2v) is 6.12. The van der Waals surface area contributed by atoms with Gasteiger partial charge in [-0.1, -0.05) is 43.4 Å². The Morgan fingerprint density at radius 1 is 1.17 bits per heavy atom. The van der Waals surface area contributed by atoms with Crippen LogP contribution in [0.1, 0.15) is 32.1 Å². The third-order valence-corrected chi connectivity index (χ3v) is 4.83. The van der Waals surface area contributed by atoms with E-state index in [0.29, 0.717) is 5.92 Å². The fourth-order valence-electron chi connectivity index (χ4n) is 2.57. The zero-order valence-electron chi connectivity index (χ0n) is 10.6. The summed E-state index contributed by atoms with van der Waals surface area (Å²) in [6.07, 6.45) is 11.2. The molecule has 2 atom stereocenters. The molecule has 96 valence electrons. The Hall–Kier alpha value is -0.910. The maximum absolute atomic E-state index is 10.4. The zero-order valence-corrected chi connectivity index (χ0v) is 11.4. The number of rotatable bonds is 4. The lowest BCUT2D eigenvalue weighted by molar-refractivity contribution is 0.0933. The minimum Gasteiger partial charge on any atom is -0.391 e. The summed E-state index contributed by atoms with van der Waals surface area (Å²) in [5.74, 6) is 3.15. The largest absolute Gasteiger partial charge is 0.391 e. The summed E-state index contributed by atoms with van der Waals surface area (Å²) < 4.78 is 0. The lowest BCUT2D eigenvalue weighted by Gasteiger charge is -2.29. The summed E-state index contributed by atoms with van der Waals surface area (Å²) in [6, 6.07) is 10.1. The van der Waals surface area contributed by atoms with E-state index in [1.165, 1.54) is 19.3 Å². The molecule has 0 aromatic heterocycles. The first-order chi connectivity index (χ1) is 8.81. The topological polar surface area (TPSA) is 20.2 Å². The first-order valence-electron chi connectivity index (χ1n) is 6.67. The minimum absolute atomic E-state index is 0.129. The highest BCUT2D eigenvalue weighted by Gasteiger charge is 2.28. The van der Waals surface area contributed by atoms with E-state index in [4.69, 9.17) is 6.42 Å². The van der Waals surface area contributed by atoms with Crippen LogP contribution >= 0.6 is 11.8 Å². The predicted molar refractivity (Wildman–Crippen MR) is 77.5 cm³/mol. The van der Waals surface area contributed by atoms with E-state index in [0.717, 1.165) is 17.7 Å². The van der Waals surface area contributed by atoms with Crippen LogP contribution in [0.5, 0.6) is 0 Å². The Morgan fingerprint density at radius 2 is 1.83 bits per heavy atom. The molecule has 2 heteroatoms. The Bertz CT molecular complexity index is 389. The van der Waals surface area contributed by atoms with E-state index in [1.807, 2.05) is 30.3 Å². The van der Waals surface area contributed by atoms with Crippen molar-refractivity contribution >= 4 is 11.8 Å². The second kappa shape index (κ2) is 6.87. The van der Waals surface area contributed by atoms with Crippen molar-refractivity contribution < 1.29 is 5.11 Å². The standard InChI is InChI=1S/C16H20OS/c1-2-15(18-14-11-7-4-8-12-14)16(17)13-9-5-3-6-10-13/h1,4,7-8,11-13,15-17H,3,5-6,9-10H2/t15-,16-/m1/s1. The number of thioether (sulfide) groups is 1. The second-order valence-electron chi connectivity index (χ2n) is 4.91. The van der Waals surface area contributed by atoms with Crippen molar-refractivity contribution in [1.29, 1.82) is 0 Å². The SMILES string of the molecule is C#C[C@@H](Sc1ccccc1)[C@H](O)C1CCCCC1. The van der Waals surface area contributed by atoms with Gasteiger partial charge in [-0.05, 0) is 30.9 Å². The summed E-state index contributed by atoms with van der Waals surface area (Å²) in [6.45, 7) is 0. The van der Waals surface area contributed by atoms with Gasteiger partial charge in [0.25, 0.3) is 0 Å². The molecule has 0 spiro atoms. The van der Waals surface area contributed by atoms with Crippen molar-refractivity contribution in [3.63, 3.8) is 0 Å². The normalized spacial score (nSPS) is 20.0. The minimum atomic E-state index is -0.375. The molecule has 0 saturated heterocycles.